The van der Waals surface area contributed by atoms with Gasteiger partial charge in [-0.25, -0.2) is 0 Å². The predicted octanol–water partition coefficient (Wildman–Crippen LogP) is 3.93. The first-order valence-corrected chi connectivity index (χ1v) is 5.60. The summed E-state index contributed by atoms with van der Waals surface area (Å²) >= 11 is 6.29. The molecule has 0 aliphatic heterocycles. The van der Waals surface area contributed by atoms with Crippen LogP contribution in [0.1, 0.15) is 40.5 Å². The Morgan fingerprint density at radius 3 is 1.83 bits per heavy atom. The van der Waals surface area contributed by atoms with Gasteiger partial charge in [-0.05, 0) is 36.5 Å². The molecule has 0 N–H and O–H groups in total. The molecule has 0 amide bonds. The normalized spacial score (nSPS) is 32.2. The Balaban J connectivity index is 2.25. The third-order valence-corrected chi connectivity index (χ3v) is 4.10. The van der Waals surface area contributed by atoms with E-state index in [0.29, 0.717) is 11.3 Å². The molecule has 1 fully saturated rings. The zero-order chi connectivity index (χ0) is 9.30. The molecule has 72 valence electrons. The minimum Gasteiger partial charge on any atom is -0.122 e. The van der Waals surface area contributed by atoms with Gasteiger partial charge in [0.05, 0.1) is 0 Å². The molecular weight excluding hydrogens is 168 g/mol. The maximum Gasteiger partial charge on any atom is 0.0387 e. The fourth-order valence-electron chi connectivity index (χ4n) is 2.06. The van der Waals surface area contributed by atoms with E-state index in [4.69, 9.17) is 11.6 Å². The van der Waals surface area contributed by atoms with Crippen LogP contribution < -0.4 is 0 Å². The fraction of sp³-hybridized carbons (Fsp3) is 1.00. The van der Waals surface area contributed by atoms with Gasteiger partial charge in [-0.3, -0.25) is 0 Å². The van der Waals surface area contributed by atoms with Crippen LogP contribution in [0, 0.1) is 23.7 Å². The van der Waals surface area contributed by atoms with E-state index in [0.717, 1.165) is 17.8 Å². The SMILES string of the molecule is CC(C)C1CC(C(Cl)C(C)C)C1. The van der Waals surface area contributed by atoms with Crippen LogP contribution in [-0.2, 0) is 0 Å². The zero-order valence-electron chi connectivity index (χ0n) is 8.68. The molecule has 0 nitrogen and oxygen atoms in total. The summed E-state index contributed by atoms with van der Waals surface area (Å²) < 4.78 is 0. The van der Waals surface area contributed by atoms with Crippen molar-refractivity contribution >= 4 is 11.6 Å². The molecule has 12 heavy (non-hydrogen) atoms. The molecule has 0 spiro atoms. The number of rotatable bonds is 3. The van der Waals surface area contributed by atoms with E-state index < -0.39 is 0 Å². The van der Waals surface area contributed by atoms with Crippen molar-refractivity contribution in [3.05, 3.63) is 0 Å². The van der Waals surface area contributed by atoms with Crippen LogP contribution in [0.2, 0.25) is 0 Å². The molecular formula is C11H21Cl. The minimum atomic E-state index is 0.417. The minimum absolute atomic E-state index is 0.417. The first kappa shape index (κ1) is 10.4. The summed E-state index contributed by atoms with van der Waals surface area (Å²) in [5.41, 5.74) is 0. The van der Waals surface area contributed by atoms with E-state index in [1.54, 1.807) is 0 Å². The molecule has 0 saturated heterocycles. The molecule has 1 saturated carbocycles. The topological polar surface area (TPSA) is 0 Å². The second-order valence-electron chi connectivity index (χ2n) is 4.92. The van der Waals surface area contributed by atoms with E-state index in [1.807, 2.05) is 0 Å². The lowest BCUT2D eigenvalue weighted by atomic mass is 9.67. The predicted molar refractivity (Wildman–Crippen MR) is 55.5 cm³/mol. The molecule has 0 aromatic rings. The summed E-state index contributed by atoms with van der Waals surface area (Å²) in [6, 6.07) is 0. The van der Waals surface area contributed by atoms with Crippen molar-refractivity contribution < 1.29 is 0 Å². The number of alkyl halides is 1. The highest BCUT2D eigenvalue weighted by Crippen LogP contribution is 2.43. The summed E-state index contributed by atoms with van der Waals surface area (Å²) in [4.78, 5) is 0. The van der Waals surface area contributed by atoms with E-state index in [1.165, 1.54) is 12.8 Å². The monoisotopic (exact) mass is 188 g/mol. The Bertz CT molecular complexity index is 134. The van der Waals surface area contributed by atoms with Crippen molar-refractivity contribution in [1.29, 1.82) is 0 Å². The zero-order valence-corrected chi connectivity index (χ0v) is 9.43. The summed E-state index contributed by atoms with van der Waals surface area (Å²) in [5.74, 6) is 3.26. The lowest BCUT2D eigenvalue weighted by Gasteiger charge is -2.41. The Hall–Kier alpha value is 0.290. The van der Waals surface area contributed by atoms with Gasteiger partial charge in [0.2, 0.25) is 0 Å². The van der Waals surface area contributed by atoms with E-state index in [2.05, 4.69) is 27.7 Å². The smallest absolute Gasteiger partial charge is 0.0387 e. The van der Waals surface area contributed by atoms with Crippen LogP contribution in [0.4, 0.5) is 0 Å². The van der Waals surface area contributed by atoms with Gasteiger partial charge in [-0.1, -0.05) is 27.7 Å². The van der Waals surface area contributed by atoms with Crippen LogP contribution >= 0.6 is 11.6 Å². The second-order valence-corrected chi connectivity index (χ2v) is 5.43. The van der Waals surface area contributed by atoms with Crippen LogP contribution in [0.15, 0.2) is 0 Å². The Morgan fingerprint density at radius 1 is 1.00 bits per heavy atom. The highest BCUT2D eigenvalue weighted by atomic mass is 35.5. The summed E-state index contributed by atoms with van der Waals surface area (Å²) in [7, 11) is 0. The Morgan fingerprint density at radius 2 is 1.50 bits per heavy atom. The van der Waals surface area contributed by atoms with Gasteiger partial charge in [0.15, 0.2) is 0 Å². The molecule has 0 radical (unpaired) electrons. The van der Waals surface area contributed by atoms with Crippen molar-refractivity contribution in [3.63, 3.8) is 0 Å². The van der Waals surface area contributed by atoms with Gasteiger partial charge in [-0.15, -0.1) is 11.6 Å². The number of hydrogen-bond acceptors (Lipinski definition) is 0. The van der Waals surface area contributed by atoms with Crippen molar-refractivity contribution in [2.75, 3.05) is 0 Å². The Kier molecular flexibility index (Phi) is 3.46. The van der Waals surface area contributed by atoms with Crippen molar-refractivity contribution in [3.8, 4) is 0 Å². The lowest BCUT2D eigenvalue weighted by molar-refractivity contribution is 0.125. The first-order chi connectivity index (χ1) is 5.52. The average Bonchev–Trinajstić information content (AvgIpc) is 1.82. The first-order valence-electron chi connectivity index (χ1n) is 5.16. The van der Waals surface area contributed by atoms with Gasteiger partial charge in [0, 0.05) is 5.38 Å². The number of hydrogen-bond donors (Lipinski definition) is 0. The van der Waals surface area contributed by atoms with Crippen molar-refractivity contribution in [2.45, 2.75) is 45.9 Å². The standard InChI is InChI=1S/C11H21Cl/c1-7(2)9-5-10(6-9)11(12)8(3)4/h7-11H,5-6H2,1-4H3. The summed E-state index contributed by atoms with van der Waals surface area (Å²) in [5, 5.41) is 0.417. The molecule has 0 heterocycles. The molecule has 0 aromatic heterocycles. The van der Waals surface area contributed by atoms with Gasteiger partial charge >= 0.3 is 0 Å². The van der Waals surface area contributed by atoms with Gasteiger partial charge in [0.1, 0.15) is 0 Å². The molecule has 1 aliphatic carbocycles. The van der Waals surface area contributed by atoms with Crippen molar-refractivity contribution in [1.82, 2.24) is 0 Å². The van der Waals surface area contributed by atoms with Gasteiger partial charge in [0.25, 0.3) is 0 Å². The van der Waals surface area contributed by atoms with Crippen LogP contribution in [0.25, 0.3) is 0 Å². The maximum atomic E-state index is 6.29. The fourth-order valence-corrected chi connectivity index (χ4v) is 2.26. The third-order valence-electron chi connectivity index (χ3n) is 3.24. The average molecular weight is 189 g/mol. The molecule has 1 aliphatic rings. The third kappa shape index (κ3) is 2.16. The molecule has 1 unspecified atom stereocenters. The molecule has 0 aromatic carbocycles. The maximum absolute atomic E-state index is 6.29. The van der Waals surface area contributed by atoms with Gasteiger partial charge < -0.3 is 0 Å². The van der Waals surface area contributed by atoms with E-state index >= 15 is 0 Å². The highest BCUT2D eigenvalue weighted by molar-refractivity contribution is 6.21. The molecule has 0 bridgehead atoms. The second kappa shape index (κ2) is 4.00. The quantitative estimate of drug-likeness (QED) is 0.589. The van der Waals surface area contributed by atoms with E-state index in [-0.39, 0.29) is 0 Å². The lowest BCUT2D eigenvalue weighted by Crippen LogP contribution is -2.35. The Labute approximate surface area is 81.7 Å². The summed E-state index contributed by atoms with van der Waals surface area (Å²) in [6.45, 7) is 9.08. The molecule has 1 heteroatoms. The van der Waals surface area contributed by atoms with Crippen molar-refractivity contribution in [2.24, 2.45) is 23.7 Å². The molecule has 1 atom stereocenters. The van der Waals surface area contributed by atoms with Gasteiger partial charge in [-0.2, -0.15) is 0 Å². The molecule has 1 rings (SSSR count). The van der Waals surface area contributed by atoms with Crippen LogP contribution in [-0.4, -0.2) is 5.38 Å². The summed E-state index contributed by atoms with van der Waals surface area (Å²) in [6.07, 6.45) is 2.73. The number of halogens is 1. The largest absolute Gasteiger partial charge is 0.122 e. The highest BCUT2D eigenvalue weighted by Gasteiger charge is 2.36. The van der Waals surface area contributed by atoms with Crippen LogP contribution in [0.5, 0.6) is 0 Å². The van der Waals surface area contributed by atoms with Crippen LogP contribution in [0.3, 0.4) is 0 Å². The van der Waals surface area contributed by atoms with E-state index in [9.17, 15) is 0 Å².